The van der Waals surface area contributed by atoms with Crippen LogP contribution in [0.15, 0.2) is 0 Å². The van der Waals surface area contributed by atoms with Gasteiger partial charge in [-0.3, -0.25) is 0 Å². The van der Waals surface area contributed by atoms with Gasteiger partial charge in [-0.1, -0.05) is 32.6 Å². The van der Waals surface area contributed by atoms with Crippen molar-refractivity contribution in [2.24, 2.45) is 11.7 Å². The summed E-state index contributed by atoms with van der Waals surface area (Å²) in [6, 6.07) is 1.39. The summed E-state index contributed by atoms with van der Waals surface area (Å²) in [4.78, 5) is 2.75. The van der Waals surface area contributed by atoms with Gasteiger partial charge in [0.15, 0.2) is 0 Å². The van der Waals surface area contributed by atoms with E-state index in [1.165, 1.54) is 70.9 Å². The Morgan fingerprint density at radius 3 is 2.53 bits per heavy atom. The Labute approximate surface area is 107 Å². The second-order valence-corrected chi connectivity index (χ2v) is 6.14. The minimum Gasteiger partial charge on any atom is -0.327 e. The minimum atomic E-state index is 0.473. The van der Waals surface area contributed by atoms with Gasteiger partial charge in [-0.15, -0.1) is 0 Å². The van der Waals surface area contributed by atoms with Gasteiger partial charge >= 0.3 is 0 Å². The van der Waals surface area contributed by atoms with E-state index >= 15 is 0 Å². The molecule has 100 valence electrons. The van der Waals surface area contributed by atoms with Crippen LogP contribution in [0.4, 0.5) is 0 Å². The third kappa shape index (κ3) is 4.26. The van der Waals surface area contributed by atoms with Gasteiger partial charge in [0.2, 0.25) is 0 Å². The van der Waals surface area contributed by atoms with Crippen LogP contribution in [0.25, 0.3) is 0 Å². The normalized spacial score (nSPS) is 30.5. The van der Waals surface area contributed by atoms with Crippen LogP contribution in [0.5, 0.6) is 0 Å². The van der Waals surface area contributed by atoms with E-state index < -0.39 is 0 Å². The Kier molecular flexibility index (Phi) is 5.30. The van der Waals surface area contributed by atoms with Crippen LogP contribution in [0.1, 0.15) is 64.7 Å². The second kappa shape index (κ2) is 6.75. The van der Waals surface area contributed by atoms with Crippen LogP contribution in [0.2, 0.25) is 0 Å². The molecule has 2 fully saturated rings. The standard InChI is InChI=1S/C15H30N2/c1-2-3-11-17(14-9-10-14)12-13-7-5-4-6-8-15(13)16/h13-15H,2-12,16H2,1H3. The Bertz CT molecular complexity index is 213. The molecule has 0 aromatic heterocycles. The summed E-state index contributed by atoms with van der Waals surface area (Å²) in [5, 5.41) is 0. The molecule has 2 rings (SSSR count). The topological polar surface area (TPSA) is 29.3 Å². The molecule has 0 radical (unpaired) electrons. The monoisotopic (exact) mass is 238 g/mol. The molecule has 2 N–H and O–H groups in total. The van der Waals surface area contributed by atoms with Gasteiger partial charge in [0.25, 0.3) is 0 Å². The maximum absolute atomic E-state index is 6.35. The Morgan fingerprint density at radius 1 is 1.06 bits per heavy atom. The van der Waals surface area contributed by atoms with Gasteiger partial charge in [0, 0.05) is 18.6 Å². The predicted molar refractivity (Wildman–Crippen MR) is 74.1 cm³/mol. The van der Waals surface area contributed by atoms with Gasteiger partial charge in [0.1, 0.15) is 0 Å². The van der Waals surface area contributed by atoms with E-state index in [-0.39, 0.29) is 0 Å². The second-order valence-electron chi connectivity index (χ2n) is 6.14. The van der Waals surface area contributed by atoms with Gasteiger partial charge in [-0.05, 0) is 44.6 Å². The molecule has 2 heteroatoms. The molecule has 0 amide bonds. The summed E-state index contributed by atoms with van der Waals surface area (Å²) in [6.07, 6.45) is 12.4. The van der Waals surface area contributed by atoms with Gasteiger partial charge < -0.3 is 10.6 Å². The van der Waals surface area contributed by atoms with Crippen LogP contribution < -0.4 is 5.73 Å². The zero-order valence-electron chi connectivity index (χ0n) is 11.5. The summed E-state index contributed by atoms with van der Waals surface area (Å²) in [6.45, 7) is 4.89. The first-order chi connectivity index (χ1) is 8.31. The molecule has 0 aromatic carbocycles. The largest absolute Gasteiger partial charge is 0.327 e. The maximum atomic E-state index is 6.35. The molecule has 2 aliphatic carbocycles. The summed E-state index contributed by atoms with van der Waals surface area (Å²) in [5.41, 5.74) is 6.35. The summed E-state index contributed by atoms with van der Waals surface area (Å²) in [7, 11) is 0. The molecule has 2 nitrogen and oxygen atoms in total. The maximum Gasteiger partial charge on any atom is 0.00965 e. The SMILES string of the molecule is CCCCN(CC1CCCCCC1N)C1CC1. The fraction of sp³-hybridized carbons (Fsp3) is 1.00. The fourth-order valence-electron chi connectivity index (χ4n) is 3.16. The molecule has 2 unspecified atom stereocenters. The average Bonchev–Trinajstić information content (AvgIpc) is 3.14. The van der Waals surface area contributed by atoms with E-state index in [4.69, 9.17) is 5.73 Å². The van der Waals surface area contributed by atoms with Gasteiger partial charge in [-0.2, -0.15) is 0 Å². The lowest BCUT2D eigenvalue weighted by Crippen LogP contribution is -2.40. The average molecular weight is 238 g/mol. The van der Waals surface area contributed by atoms with E-state index in [1.54, 1.807) is 0 Å². The third-order valence-corrected chi connectivity index (χ3v) is 4.55. The van der Waals surface area contributed by atoms with Crippen molar-refractivity contribution in [1.82, 2.24) is 4.90 Å². The number of nitrogens with zero attached hydrogens (tertiary/aromatic N) is 1. The van der Waals surface area contributed by atoms with E-state index in [0.717, 1.165) is 12.0 Å². The van der Waals surface area contributed by atoms with Crippen molar-refractivity contribution in [2.45, 2.75) is 76.8 Å². The van der Waals surface area contributed by atoms with Crippen LogP contribution in [-0.2, 0) is 0 Å². The van der Waals surface area contributed by atoms with E-state index in [1.807, 2.05) is 0 Å². The van der Waals surface area contributed by atoms with Crippen molar-refractivity contribution in [3.8, 4) is 0 Å². The third-order valence-electron chi connectivity index (χ3n) is 4.55. The number of hydrogen-bond acceptors (Lipinski definition) is 2. The molecular weight excluding hydrogens is 208 g/mol. The molecule has 2 aliphatic rings. The number of rotatable bonds is 6. The molecule has 0 heterocycles. The molecule has 0 bridgehead atoms. The molecule has 0 spiro atoms. The summed E-state index contributed by atoms with van der Waals surface area (Å²) < 4.78 is 0. The number of hydrogen-bond donors (Lipinski definition) is 1. The smallest absolute Gasteiger partial charge is 0.00965 e. The molecule has 0 aliphatic heterocycles. The Morgan fingerprint density at radius 2 is 1.82 bits per heavy atom. The zero-order chi connectivity index (χ0) is 12.1. The van der Waals surface area contributed by atoms with Crippen LogP contribution in [0, 0.1) is 5.92 Å². The molecule has 0 aromatic rings. The highest BCUT2D eigenvalue weighted by molar-refractivity contribution is 4.88. The molecular formula is C15H30N2. The lowest BCUT2D eigenvalue weighted by atomic mass is 9.94. The summed E-state index contributed by atoms with van der Waals surface area (Å²) >= 11 is 0. The quantitative estimate of drug-likeness (QED) is 0.720. The molecule has 2 saturated carbocycles. The van der Waals surface area contributed by atoms with E-state index in [0.29, 0.717) is 6.04 Å². The van der Waals surface area contributed by atoms with Gasteiger partial charge in [0.05, 0.1) is 0 Å². The van der Waals surface area contributed by atoms with E-state index in [9.17, 15) is 0 Å². The first-order valence-electron chi connectivity index (χ1n) is 7.81. The molecule has 17 heavy (non-hydrogen) atoms. The number of unbranched alkanes of at least 4 members (excludes halogenated alkanes) is 1. The van der Waals surface area contributed by atoms with Crippen molar-refractivity contribution in [3.63, 3.8) is 0 Å². The molecule has 2 atom stereocenters. The van der Waals surface area contributed by atoms with Crippen molar-refractivity contribution in [2.75, 3.05) is 13.1 Å². The van der Waals surface area contributed by atoms with Crippen LogP contribution in [-0.4, -0.2) is 30.1 Å². The lowest BCUT2D eigenvalue weighted by molar-refractivity contribution is 0.196. The van der Waals surface area contributed by atoms with Crippen molar-refractivity contribution in [1.29, 1.82) is 0 Å². The van der Waals surface area contributed by atoms with Crippen molar-refractivity contribution in [3.05, 3.63) is 0 Å². The fourth-order valence-corrected chi connectivity index (χ4v) is 3.16. The van der Waals surface area contributed by atoms with E-state index in [2.05, 4.69) is 11.8 Å². The first-order valence-corrected chi connectivity index (χ1v) is 7.81. The Balaban J connectivity index is 1.82. The highest BCUT2D eigenvalue weighted by atomic mass is 15.2. The van der Waals surface area contributed by atoms with Crippen molar-refractivity contribution >= 4 is 0 Å². The first kappa shape index (κ1) is 13.4. The van der Waals surface area contributed by atoms with Crippen molar-refractivity contribution < 1.29 is 0 Å². The number of nitrogens with two attached hydrogens (primary N) is 1. The Hall–Kier alpha value is -0.0800. The van der Waals surface area contributed by atoms with Gasteiger partial charge in [-0.25, -0.2) is 0 Å². The highest BCUT2D eigenvalue weighted by Gasteiger charge is 2.31. The highest BCUT2D eigenvalue weighted by Crippen LogP contribution is 2.30. The molecule has 0 saturated heterocycles. The summed E-state index contributed by atoms with van der Waals surface area (Å²) in [5.74, 6) is 0.773. The van der Waals surface area contributed by atoms with Crippen LogP contribution >= 0.6 is 0 Å². The minimum absolute atomic E-state index is 0.473. The lowest BCUT2D eigenvalue weighted by Gasteiger charge is -2.30. The van der Waals surface area contributed by atoms with Crippen LogP contribution in [0.3, 0.4) is 0 Å². The zero-order valence-corrected chi connectivity index (χ0v) is 11.5. The predicted octanol–water partition coefficient (Wildman–Crippen LogP) is 3.16.